The molecule has 0 atom stereocenters. The molecule has 0 saturated carbocycles. The molecule has 16 heavy (non-hydrogen) atoms. The van der Waals surface area contributed by atoms with Crippen LogP contribution in [0.3, 0.4) is 0 Å². The highest BCUT2D eigenvalue weighted by Crippen LogP contribution is 2.23. The lowest BCUT2D eigenvalue weighted by Crippen LogP contribution is -2.05. The van der Waals surface area contributed by atoms with Gasteiger partial charge in [0.15, 0.2) is 0 Å². The van der Waals surface area contributed by atoms with Gasteiger partial charge in [-0.3, -0.25) is 9.59 Å². The molecule has 0 amide bonds. The summed E-state index contributed by atoms with van der Waals surface area (Å²) >= 11 is 5.56. The van der Waals surface area contributed by atoms with Crippen LogP contribution in [0.25, 0.3) is 0 Å². The minimum Gasteiger partial charge on any atom is -0.481 e. The Kier molecular flexibility index (Phi) is 3.84. The SMILES string of the molecule is O=C(O)Cc1cc(F)c(Cl)c(CC(=O)O)c1. The average molecular weight is 247 g/mol. The zero-order chi connectivity index (χ0) is 12.3. The van der Waals surface area contributed by atoms with Gasteiger partial charge in [0, 0.05) is 0 Å². The summed E-state index contributed by atoms with van der Waals surface area (Å²) in [4.78, 5) is 20.9. The molecule has 0 aliphatic rings. The Hall–Kier alpha value is -1.62. The molecule has 6 heteroatoms. The smallest absolute Gasteiger partial charge is 0.307 e. The van der Waals surface area contributed by atoms with Gasteiger partial charge in [-0.2, -0.15) is 0 Å². The first-order valence-corrected chi connectivity index (χ1v) is 4.68. The summed E-state index contributed by atoms with van der Waals surface area (Å²) in [5, 5.41) is 16.8. The van der Waals surface area contributed by atoms with E-state index in [4.69, 9.17) is 21.8 Å². The van der Waals surface area contributed by atoms with Crippen molar-refractivity contribution in [3.63, 3.8) is 0 Å². The highest BCUT2D eigenvalue weighted by Gasteiger charge is 2.13. The normalized spacial score (nSPS) is 10.1. The number of hydrogen-bond acceptors (Lipinski definition) is 2. The maximum atomic E-state index is 13.2. The van der Waals surface area contributed by atoms with Crippen molar-refractivity contribution in [1.82, 2.24) is 0 Å². The zero-order valence-corrected chi connectivity index (χ0v) is 8.79. The largest absolute Gasteiger partial charge is 0.481 e. The van der Waals surface area contributed by atoms with E-state index in [2.05, 4.69) is 0 Å². The molecule has 0 bridgehead atoms. The second kappa shape index (κ2) is 4.94. The van der Waals surface area contributed by atoms with Crippen LogP contribution in [0.4, 0.5) is 4.39 Å². The molecule has 0 radical (unpaired) electrons. The number of carboxylic acid groups (broad SMARTS) is 2. The van der Waals surface area contributed by atoms with Gasteiger partial charge in [0.1, 0.15) is 5.82 Å². The third kappa shape index (κ3) is 3.20. The Morgan fingerprint density at radius 2 is 1.75 bits per heavy atom. The van der Waals surface area contributed by atoms with Crippen LogP contribution in [0, 0.1) is 5.82 Å². The summed E-state index contributed by atoms with van der Waals surface area (Å²) in [7, 11) is 0. The first kappa shape index (κ1) is 12.4. The molecule has 86 valence electrons. The molecule has 0 aliphatic carbocycles. The van der Waals surface area contributed by atoms with Crippen LogP contribution in [0.2, 0.25) is 5.02 Å². The topological polar surface area (TPSA) is 74.6 Å². The molecule has 0 heterocycles. The fraction of sp³-hybridized carbons (Fsp3) is 0.200. The van der Waals surface area contributed by atoms with E-state index in [9.17, 15) is 14.0 Å². The fourth-order valence-electron chi connectivity index (χ4n) is 1.28. The molecule has 2 N–H and O–H groups in total. The molecule has 0 saturated heterocycles. The summed E-state index contributed by atoms with van der Waals surface area (Å²) in [6, 6.07) is 2.27. The molecular formula is C10H8ClFO4. The molecule has 1 rings (SSSR count). The molecular weight excluding hydrogens is 239 g/mol. The van der Waals surface area contributed by atoms with E-state index in [0.29, 0.717) is 0 Å². The number of carbonyl (C=O) groups is 2. The summed E-state index contributed by atoms with van der Waals surface area (Å²) in [6.45, 7) is 0. The third-order valence-electron chi connectivity index (χ3n) is 1.86. The highest BCUT2D eigenvalue weighted by molar-refractivity contribution is 6.31. The van der Waals surface area contributed by atoms with Gasteiger partial charge in [-0.15, -0.1) is 0 Å². The summed E-state index contributed by atoms with van der Waals surface area (Å²) in [6.07, 6.45) is -0.816. The Labute approximate surface area is 95.3 Å². The van der Waals surface area contributed by atoms with Crippen molar-refractivity contribution in [2.45, 2.75) is 12.8 Å². The van der Waals surface area contributed by atoms with Gasteiger partial charge in [0.05, 0.1) is 17.9 Å². The first-order chi connectivity index (χ1) is 7.40. The van der Waals surface area contributed by atoms with E-state index in [1.54, 1.807) is 0 Å². The van der Waals surface area contributed by atoms with E-state index in [1.165, 1.54) is 6.07 Å². The van der Waals surface area contributed by atoms with E-state index in [0.717, 1.165) is 6.07 Å². The van der Waals surface area contributed by atoms with Crippen molar-refractivity contribution < 1.29 is 24.2 Å². The second-order valence-electron chi connectivity index (χ2n) is 3.19. The number of halogens is 2. The molecule has 0 fully saturated rings. The van der Waals surface area contributed by atoms with Crippen LogP contribution in [0.5, 0.6) is 0 Å². The molecule has 1 aromatic rings. The van der Waals surface area contributed by atoms with Gasteiger partial charge in [-0.05, 0) is 17.2 Å². The number of carboxylic acids is 2. The van der Waals surface area contributed by atoms with Crippen LogP contribution in [-0.4, -0.2) is 22.2 Å². The maximum Gasteiger partial charge on any atom is 0.307 e. The van der Waals surface area contributed by atoms with Crippen LogP contribution in [0.1, 0.15) is 11.1 Å². The minimum absolute atomic E-state index is 0.0745. The van der Waals surface area contributed by atoms with Gasteiger partial charge in [0.2, 0.25) is 0 Å². The average Bonchev–Trinajstić information content (AvgIpc) is 2.11. The van der Waals surface area contributed by atoms with Gasteiger partial charge in [-0.1, -0.05) is 17.7 Å². The van der Waals surface area contributed by atoms with E-state index in [1.807, 2.05) is 0 Å². The minimum atomic E-state index is -1.16. The summed E-state index contributed by atoms with van der Waals surface area (Å²) in [5.74, 6) is -3.09. The molecule has 0 aliphatic heterocycles. The number of aliphatic carboxylic acids is 2. The molecule has 0 aromatic heterocycles. The maximum absolute atomic E-state index is 13.2. The predicted molar refractivity (Wildman–Crippen MR) is 54.1 cm³/mol. The standard InChI is InChI=1S/C10H8ClFO4/c11-10-6(4-9(15)16)1-5(2-7(10)12)3-8(13)14/h1-2H,3-4H2,(H,13,14)(H,15,16). The van der Waals surface area contributed by atoms with Crippen molar-refractivity contribution in [3.8, 4) is 0 Å². The van der Waals surface area contributed by atoms with Gasteiger partial charge >= 0.3 is 11.9 Å². The lowest BCUT2D eigenvalue weighted by atomic mass is 10.1. The number of hydrogen-bond donors (Lipinski definition) is 2. The van der Waals surface area contributed by atoms with Crippen LogP contribution < -0.4 is 0 Å². The van der Waals surface area contributed by atoms with Crippen molar-refractivity contribution in [1.29, 1.82) is 0 Å². The lowest BCUT2D eigenvalue weighted by molar-refractivity contribution is -0.137. The van der Waals surface area contributed by atoms with Gasteiger partial charge < -0.3 is 10.2 Å². The van der Waals surface area contributed by atoms with Crippen LogP contribution >= 0.6 is 11.6 Å². The van der Waals surface area contributed by atoms with Crippen LogP contribution in [0.15, 0.2) is 12.1 Å². The molecule has 0 spiro atoms. The Morgan fingerprint density at radius 3 is 2.25 bits per heavy atom. The predicted octanol–water partition coefficient (Wildman–Crippen LogP) is 1.73. The van der Waals surface area contributed by atoms with Gasteiger partial charge in [-0.25, -0.2) is 4.39 Å². The molecule has 0 unspecified atom stereocenters. The Balaban J connectivity index is 3.11. The Bertz CT molecular complexity index is 445. The fourth-order valence-corrected chi connectivity index (χ4v) is 1.45. The number of rotatable bonds is 4. The van der Waals surface area contributed by atoms with Crippen molar-refractivity contribution in [2.75, 3.05) is 0 Å². The van der Waals surface area contributed by atoms with E-state index < -0.39 is 24.2 Å². The molecule has 4 nitrogen and oxygen atoms in total. The quantitative estimate of drug-likeness (QED) is 0.849. The van der Waals surface area contributed by atoms with Crippen molar-refractivity contribution in [2.24, 2.45) is 0 Å². The molecule has 1 aromatic carbocycles. The highest BCUT2D eigenvalue weighted by atomic mass is 35.5. The van der Waals surface area contributed by atoms with E-state index >= 15 is 0 Å². The first-order valence-electron chi connectivity index (χ1n) is 4.30. The summed E-state index contributed by atoms with van der Waals surface area (Å²) in [5.41, 5.74) is 0.260. The third-order valence-corrected chi connectivity index (χ3v) is 2.28. The number of benzene rings is 1. The zero-order valence-electron chi connectivity index (χ0n) is 8.04. The summed E-state index contributed by atoms with van der Waals surface area (Å²) < 4.78 is 13.2. The van der Waals surface area contributed by atoms with E-state index in [-0.39, 0.29) is 22.6 Å². The Morgan fingerprint density at radius 1 is 1.19 bits per heavy atom. The van der Waals surface area contributed by atoms with Crippen LogP contribution in [-0.2, 0) is 22.4 Å². The van der Waals surface area contributed by atoms with Crippen molar-refractivity contribution in [3.05, 3.63) is 34.1 Å². The monoisotopic (exact) mass is 246 g/mol. The lowest BCUT2D eigenvalue weighted by Gasteiger charge is -2.05. The van der Waals surface area contributed by atoms with Crippen molar-refractivity contribution >= 4 is 23.5 Å². The van der Waals surface area contributed by atoms with Gasteiger partial charge in [0.25, 0.3) is 0 Å². The second-order valence-corrected chi connectivity index (χ2v) is 3.57.